The molecule has 16 heavy (non-hydrogen) atoms. The van der Waals surface area contributed by atoms with Crippen LogP contribution in [0.4, 0.5) is 11.9 Å². The maximum Gasteiger partial charge on any atom is 0.322 e. The lowest BCUT2D eigenvalue weighted by Gasteiger charge is -2.19. The van der Waals surface area contributed by atoms with Crippen LogP contribution in [0.5, 0.6) is 6.01 Å². The summed E-state index contributed by atoms with van der Waals surface area (Å²) in [5.74, 6) is 5.87. The van der Waals surface area contributed by atoms with Crippen molar-refractivity contribution in [3.8, 4) is 6.01 Å². The first-order chi connectivity index (χ1) is 7.74. The Hall–Kier alpha value is -1.67. The number of aliphatic hydroxyl groups is 1. The third-order valence-electron chi connectivity index (χ3n) is 1.95. The van der Waals surface area contributed by atoms with Gasteiger partial charge in [-0.05, 0) is 6.92 Å². The average molecular weight is 228 g/mol. The molecule has 0 aromatic carbocycles. The zero-order valence-corrected chi connectivity index (χ0v) is 9.34. The number of rotatable bonds is 6. The van der Waals surface area contributed by atoms with Gasteiger partial charge in [0.05, 0.1) is 13.7 Å². The molecule has 90 valence electrons. The molecule has 0 aliphatic rings. The summed E-state index contributed by atoms with van der Waals surface area (Å²) < 4.78 is 4.92. The Morgan fingerprint density at radius 1 is 1.44 bits per heavy atom. The molecule has 0 bridgehead atoms. The van der Waals surface area contributed by atoms with Gasteiger partial charge in [0, 0.05) is 13.1 Å². The first-order valence-electron chi connectivity index (χ1n) is 4.87. The summed E-state index contributed by atoms with van der Waals surface area (Å²) in [6.07, 6.45) is 0. The number of methoxy groups -OCH3 is 1. The second-order valence-electron chi connectivity index (χ2n) is 2.89. The number of aromatic nitrogens is 3. The first-order valence-corrected chi connectivity index (χ1v) is 4.87. The van der Waals surface area contributed by atoms with Gasteiger partial charge in [0.2, 0.25) is 11.9 Å². The highest BCUT2D eigenvalue weighted by molar-refractivity contribution is 5.37. The molecule has 4 N–H and O–H groups in total. The maximum absolute atomic E-state index is 8.90. The molecule has 1 rings (SSSR count). The summed E-state index contributed by atoms with van der Waals surface area (Å²) in [5.41, 5.74) is 2.33. The van der Waals surface area contributed by atoms with Crippen LogP contribution in [0, 0.1) is 0 Å². The van der Waals surface area contributed by atoms with Crippen molar-refractivity contribution >= 4 is 11.9 Å². The molecule has 1 aromatic rings. The van der Waals surface area contributed by atoms with E-state index < -0.39 is 0 Å². The van der Waals surface area contributed by atoms with Crippen LogP contribution in [-0.2, 0) is 0 Å². The number of ether oxygens (including phenoxy) is 1. The molecule has 0 spiro atoms. The molecule has 0 amide bonds. The summed E-state index contributed by atoms with van der Waals surface area (Å²) in [6.45, 7) is 3.06. The van der Waals surface area contributed by atoms with E-state index in [1.54, 1.807) is 4.90 Å². The lowest BCUT2D eigenvalue weighted by atomic mass is 10.5. The van der Waals surface area contributed by atoms with E-state index in [1.807, 2.05) is 6.92 Å². The number of nitrogens with zero attached hydrogens (tertiary/aromatic N) is 4. The molecule has 8 nitrogen and oxygen atoms in total. The van der Waals surface area contributed by atoms with E-state index in [4.69, 9.17) is 15.7 Å². The van der Waals surface area contributed by atoms with E-state index in [0.29, 0.717) is 19.0 Å². The van der Waals surface area contributed by atoms with Gasteiger partial charge in [0.1, 0.15) is 0 Å². The number of nitrogens with two attached hydrogens (primary N) is 1. The van der Waals surface area contributed by atoms with E-state index >= 15 is 0 Å². The van der Waals surface area contributed by atoms with Crippen molar-refractivity contribution in [3.05, 3.63) is 0 Å². The standard InChI is InChI=1S/C8H16N6O2/c1-3-14(4-5-15)7-10-6(13-9)11-8(12-7)16-2/h15H,3-5,9H2,1-2H3,(H,10,11,12,13). The summed E-state index contributed by atoms with van der Waals surface area (Å²) >= 11 is 0. The minimum atomic E-state index is 0.0211. The largest absolute Gasteiger partial charge is 0.467 e. The van der Waals surface area contributed by atoms with Crippen LogP contribution in [0.25, 0.3) is 0 Å². The molecule has 0 saturated heterocycles. The van der Waals surface area contributed by atoms with E-state index in [-0.39, 0.29) is 18.6 Å². The second kappa shape index (κ2) is 6.03. The van der Waals surface area contributed by atoms with Crippen LogP contribution >= 0.6 is 0 Å². The highest BCUT2D eigenvalue weighted by atomic mass is 16.5. The zero-order chi connectivity index (χ0) is 12.0. The van der Waals surface area contributed by atoms with E-state index in [0.717, 1.165) is 0 Å². The van der Waals surface area contributed by atoms with Gasteiger partial charge in [0.15, 0.2) is 0 Å². The van der Waals surface area contributed by atoms with Crippen LogP contribution in [-0.4, -0.2) is 46.9 Å². The molecule has 8 heteroatoms. The maximum atomic E-state index is 8.90. The molecule has 0 atom stereocenters. The number of hydrogen-bond donors (Lipinski definition) is 3. The molecule has 0 aliphatic heterocycles. The van der Waals surface area contributed by atoms with Crippen LogP contribution in [0.3, 0.4) is 0 Å². The molecule has 0 saturated carbocycles. The lowest BCUT2D eigenvalue weighted by molar-refractivity contribution is 0.301. The fraction of sp³-hybridized carbons (Fsp3) is 0.625. The Morgan fingerprint density at radius 2 is 2.19 bits per heavy atom. The van der Waals surface area contributed by atoms with Crippen LogP contribution < -0.4 is 20.9 Å². The lowest BCUT2D eigenvalue weighted by Crippen LogP contribution is -2.29. The summed E-state index contributed by atoms with van der Waals surface area (Å²) in [4.78, 5) is 13.8. The van der Waals surface area contributed by atoms with Gasteiger partial charge < -0.3 is 14.7 Å². The van der Waals surface area contributed by atoms with Gasteiger partial charge in [-0.3, -0.25) is 5.43 Å². The minimum Gasteiger partial charge on any atom is -0.467 e. The minimum absolute atomic E-state index is 0.0211. The van der Waals surface area contributed by atoms with Crippen molar-refractivity contribution in [1.82, 2.24) is 15.0 Å². The zero-order valence-electron chi connectivity index (χ0n) is 9.34. The third kappa shape index (κ3) is 2.91. The smallest absolute Gasteiger partial charge is 0.322 e. The van der Waals surface area contributed by atoms with Gasteiger partial charge in [-0.25, -0.2) is 5.84 Å². The van der Waals surface area contributed by atoms with Crippen LogP contribution in [0.2, 0.25) is 0 Å². The Labute approximate surface area is 93.4 Å². The molecule has 0 aliphatic carbocycles. The first kappa shape index (κ1) is 12.4. The Bertz CT molecular complexity index is 312. The number of anilines is 2. The molecule has 1 aromatic heterocycles. The highest BCUT2D eigenvalue weighted by Crippen LogP contribution is 2.13. The Kier molecular flexibility index (Phi) is 4.67. The van der Waals surface area contributed by atoms with Crippen molar-refractivity contribution in [1.29, 1.82) is 0 Å². The van der Waals surface area contributed by atoms with Crippen LogP contribution in [0.15, 0.2) is 0 Å². The number of aliphatic hydroxyl groups excluding tert-OH is 1. The monoisotopic (exact) mass is 228 g/mol. The fourth-order valence-corrected chi connectivity index (χ4v) is 1.16. The number of hydrogen-bond acceptors (Lipinski definition) is 8. The van der Waals surface area contributed by atoms with E-state index in [9.17, 15) is 0 Å². The molecule has 0 fully saturated rings. The van der Waals surface area contributed by atoms with Crippen molar-refractivity contribution in [2.24, 2.45) is 5.84 Å². The molecular weight excluding hydrogens is 212 g/mol. The third-order valence-corrected chi connectivity index (χ3v) is 1.95. The second-order valence-corrected chi connectivity index (χ2v) is 2.89. The highest BCUT2D eigenvalue weighted by Gasteiger charge is 2.11. The number of nitrogens with one attached hydrogen (secondary N) is 1. The quantitative estimate of drug-likeness (QED) is 0.419. The van der Waals surface area contributed by atoms with Gasteiger partial charge in [-0.2, -0.15) is 15.0 Å². The molecule has 0 radical (unpaired) electrons. The summed E-state index contributed by atoms with van der Waals surface area (Å²) in [5, 5.41) is 8.90. The van der Waals surface area contributed by atoms with Crippen molar-refractivity contribution in [2.45, 2.75) is 6.92 Å². The number of nitrogen functional groups attached to an aromatic ring is 1. The van der Waals surface area contributed by atoms with Crippen LogP contribution in [0.1, 0.15) is 6.92 Å². The number of likely N-dealkylation sites (N-methyl/N-ethyl adjacent to an activating group) is 1. The van der Waals surface area contributed by atoms with Gasteiger partial charge in [-0.15, -0.1) is 0 Å². The predicted molar refractivity (Wildman–Crippen MR) is 59.2 cm³/mol. The predicted octanol–water partition coefficient (Wildman–Crippen LogP) is -1.02. The summed E-state index contributed by atoms with van der Waals surface area (Å²) in [6, 6.07) is 0.175. The molecular formula is C8H16N6O2. The summed E-state index contributed by atoms with van der Waals surface area (Å²) in [7, 11) is 1.46. The van der Waals surface area contributed by atoms with Gasteiger partial charge >= 0.3 is 6.01 Å². The molecule has 0 unspecified atom stereocenters. The van der Waals surface area contributed by atoms with Crippen molar-refractivity contribution in [2.75, 3.05) is 37.1 Å². The van der Waals surface area contributed by atoms with Gasteiger partial charge in [-0.1, -0.05) is 0 Å². The van der Waals surface area contributed by atoms with Crippen molar-refractivity contribution in [3.63, 3.8) is 0 Å². The normalized spacial score (nSPS) is 10.0. The number of hydrazine groups is 1. The topological polar surface area (TPSA) is 109 Å². The Balaban J connectivity index is 3.00. The van der Waals surface area contributed by atoms with E-state index in [2.05, 4.69) is 20.4 Å². The van der Waals surface area contributed by atoms with Crippen molar-refractivity contribution < 1.29 is 9.84 Å². The average Bonchev–Trinajstić information content (AvgIpc) is 2.35. The fourth-order valence-electron chi connectivity index (χ4n) is 1.16. The van der Waals surface area contributed by atoms with Gasteiger partial charge in [0.25, 0.3) is 0 Å². The van der Waals surface area contributed by atoms with E-state index in [1.165, 1.54) is 7.11 Å². The Morgan fingerprint density at radius 3 is 2.69 bits per heavy atom. The molecule has 1 heterocycles. The SMILES string of the molecule is CCN(CCO)c1nc(NN)nc(OC)n1.